The highest BCUT2D eigenvalue weighted by molar-refractivity contribution is 7.16. The summed E-state index contributed by atoms with van der Waals surface area (Å²) in [6.07, 6.45) is 0. The molecular weight excluding hydrogens is 428 g/mol. The fourth-order valence-corrected chi connectivity index (χ4v) is 4.58. The van der Waals surface area contributed by atoms with Crippen LogP contribution in [0.1, 0.15) is 36.7 Å². The molecule has 1 aromatic heterocycles. The van der Waals surface area contributed by atoms with Crippen LogP contribution in [0, 0.1) is 6.92 Å². The molecule has 0 aliphatic heterocycles. The van der Waals surface area contributed by atoms with Gasteiger partial charge in [0.15, 0.2) is 16.3 Å². The summed E-state index contributed by atoms with van der Waals surface area (Å²) < 4.78 is 25.6. The summed E-state index contributed by atoms with van der Waals surface area (Å²) in [5.41, 5.74) is 2.58. The number of hydrogen-bond donors (Lipinski definition) is 0. The number of fused-ring (bicyclic) bond motifs is 1. The summed E-state index contributed by atoms with van der Waals surface area (Å²) in [6.45, 7) is 10.2. The number of benzene rings is 2. The molecule has 8 heteroatoms. The summed E-state index contributed by atoms with van der Waals surface area (Å²) in [5.74, 6) is 1.07. The van der Waals surface area contributed by atoms with E-state index in [2.05, 4.69) is 18.0 Å². The first-order valence-corrected chi connectivity index (χ1v) is 11.6. The smallest absolute Gasteiger partial charge is 0.279 e. The third kappa shape index (κ3) is 5.14. The predicted molar refractivity (Wildman–Crippen MR) is 126 cm³/mol. The number of methoxy groups -OCH3 is 1. The molecule has 0 saturated carbocycles. The summed E-state index contributed by atoms with van der Waals surface area (Å²) >= 11 is 1.48. The highest BCUT2D eigenvalue weighted by atomic mass is 32.1. The lowest BCUT2D eigenvalue weighted by atomic mass is 10.1. The Labute approximate surface area is 192 Å². The Morgan fingerprint density at radius 1 is 1.03 bits per heavy atom. The zero-order chi connectivity index (χ0) is 23.1. The van der Waals surface area contributed by atoms with E-state index in [1.165, 1.54) is 11.3 Å². The van der Waals surface area contributed by atoms with Crippen LogP contribution in [0.4, 0.5) is 0 Å². The molecule has 0 spiro atoms. The van der Waals surface area contributed by atoms with Gasteiger partial charge in [-0.1, -0.05) is 23.5 Å². The van der Waals surface area contributed by atoms with E-state index in [0.29, 0.717) is 60.6 Å². The van der Waals surface area contributed by atoms with Crippen LogP contribution < -0.4 is 19.0 Å². The zero-order valence-corrected chi connectivity index (χ0v) is 20.1. The average molecular weight is 459 g/mol. The van der Waals surface area contributed by atoms with Crippen LogP contribution in [0.3, 0.4) is 0 Å². The van der Waals surface area contributed by atoms with Gasteiger partial charge in [-0.15, -0.1) is 0 Å². The minimum absolute atomic E-state index is 0.370. The summed E-state index contributed by atoms with van der Waals surface area (Å²) in [4.78, 5) is 18.3. The van der Waals surface area contributed by atoms with Gasteiger partial charge in [0.05, 0.1) is 36.6 Å². The Morgan fingerprint density at radius 2 is 1.69 bits per heavy atom. The van der Waals surface area contributed by atoms with Crippen molar-refractivity contribution < 1.29 is 23.7 Å². The number of amides is 1. The molecule has 0 N–H and O–H groups in total. The van der Waals surface area contributed by atoms with Crippen molar-refractivity contribution in [3.63, 3.8) is 0 Å². The molecule has 3 aromatic rings. The van der Waals surface area contributed by atoms with Crippen LogP contribution in [0.5, 0.6) is 17.2 Å². The Kier molecular flexibility index (Phi) is 8.30. The first-order valence-electron chi connectivity index (χ1n) is 10.8. The molecule has 1 amide bonds. The number of ether oxygens (including phenoxy) is 4. The SMILES string of the molecule is CCOc1cc(C(=O)N=c2sc3cccc(C)c3n2CCOC)cc(OCC)c1OCC. The van der Waals surface area contributed by atoms with Crippen LogP contribution in [0.2, 0.25) is 0 Å². The Bertz CT molecular complexity index is 1120. The van der Waals surface area contributed by atoms with Crippen molar-refractivity contribution in [3.8, 4) is 17.2 Å². The fourth-order valence-electron chi connectivity index (χ4n) is 3.45. The molecule has 0 saturated heterocycles. The van der Waals surface area contributed by atoms with Crippen LogP contribution in [0.15, 0.2) is 35.3 Å². The van der Waals surface area contributed by atoms with Gasteiger partial charge < -0.3 is 23.5 Å². The molecule has 0 fully saturated rings. The van der Waals surface area contributed by atoms with Crippen molar-refractivity contribution >= 4 is 27.5 Å². The van der Waals surface area contributed by atoms with Crippen LogP contribution in [-0.2, 0) is 11.3 Å². The Hall–Kier alpha value is -2.84. The summed E-state index contributed by atoms with van der Waals surface area (Å²) in [5, 5.41) is 0. The van der Waals surface area contributed by atoms with E-state index >= 15 is 0 Å². The predicted octanol–water partition coefficient (Wildman–Crippen LogP) is 4.59. The molecule has 32 heavy (non-hydrogen) atoms. The highest BCUT2D eigenvalue weighted by Gasteiger charge is 2.19. The average Bonchev–Trinajstić information content (AvgIpc) is 3.12. The van der Waals surface area contributed by atoms with Crippen molar-refractivity contribution in [1.82, 2.24) is 4.57 Å². The second-order valence-electron chi connectivity index (χ2n) is 6.97. The molecule has 1 heterocycles. The normalized spacial score (nSPS) is 11.7. The third-order valence-corrected chi connectivity index (χ3v) is 5.82. The molecule has 0 unspecified atom stereocenters. The number of aromatic nitrogens is 1. The minimum atomic E-state index is -0.370. The van der Waals surface area contributed by atoms with Gasteiger partial charge in [0.1, 0.15) is 0 Å². The van der Waals surface area contributed by atoms with Gasteiger partial charge >= 0.3 is 0 Å². The lowest BCUT2D eigenvalue weighted by Gasteiger charge is -2.16. The molecule has 0 aliphatic rings. The van der Waals surface area contributed by atoms with Crippen molar-refractivity contribution in [3.05, 3.63) is 46.3 Å². The fraction of sp³-hybridized carbons (Fsp3) is 0.417. The van der Waals surface area contributed by atoms with Crippen LogP contribution in [0.25, 0.3) is 10.2 Å². The number of thiazole rings is 1. The number of nitrogens with zero attached hydrogens (tertiary/aromatic N) is 2. The second kappa shape index (κ2) is 11.2. The molecule has 3 rings (SSSR count). The van der Waals surface area contributed by atoms with Gasteiger partial charge in [-0.05, 0) is 51.5 Å². The van der Waals surface area contributed by atoms with Gasteiger partial charge in [-0.3, -0.25) is 4.79 Å². The maximum atomic E-state index is 13.2. The van der Waals surface area contributed by atoms with Crippen molar-refractivity contribution in [1.29, 1.82) is 0 Å². The standard InChI is InChI=1S/C24H30N2O5S/c1-6-29-18-14-17(15-19(30-7-2)22(18)31-8-3)23(27)25-24-26(12-13-28-5)21-16(4)10-9-11-20(21)32-24/h9-11,14-15H,6-8,12-13H2,1-5H3. The molecular formula is C24H30N2O5S. The molecule has 0 radical (unpaired) electrons. The number of para-hydroxylation sites is 1. The zero-order valence-electron chi connectivity index (χ0n) is 19.3. The van der Waals surface area contributed by atoms with Crippen LogP contribution in [-0.4, -0.2) is 44.0 Å². The maximum absolute atomic E-state index is 13.2. The Morgan fingerprint density at radius 3 is 2.28 bits per heavy atom. The second-order valence-corrected chi connectivity index (χ2v) is 7.98. The molecule has 0 atom stereocenters. The molecule has 0 bridgehead atoms. The number of aryl methyl sites for hydroxylation is 1. The van der Waals surface area contributed by atoms with E-state index in [4.69, 9.17) is 18.9 Å². The topological polar surface area (TPSA) is 71.3 Å². The van der Waals surface area contributed by atoms with Crippen molar-refractivity contribution in [2.45, 2.75) is 34.2 Å². The van der Waals surface area contributed by atoms with Crippen LogP contribution >= 0.6 is 11.3 Å². The first-order chi connectivity index (χ1) is 15.5. The quantitative estimate of drug-likeness (QED) is 0.444. The van der Waals surface area contributed by atoms with Gasteiger partial charge in [0, 0.05) is 19.2 Å². The number of carbonyl (C=O) groups is 1. The van der Waals surface area contributed by atoms with E-state index < -0.39 is 0 Å². The maximum Gasteiger partial charge on any atom is 0.279 e. The lowest BCUT2D eigenvalue weighted by Crippen LogP contribution is -2.19. The Balaban J connectivity index is 2.13. The summed E-state index contributed by atoms with van der Waals surface area (Å²) in [6, 6.07) is 9.44. The molecule has 2 aromatic carbocycles. The van der Waals surface area contributed by atoms with E-state index in [1.54, 1.807) is 19.2 Å². The largest absolute Gasteiger partial charge is 0.490 e. The van der Waals surface area contributed by atoms with E-state index in [0.717, 1.165) is 15.8 Å². The van der Waals surface area contributed by atoms with Gasteiger partial charge in [-0.25, -0.2) is 0 Å². The van der Waals surface area contributed by atoms with Gasteiger partial charge in [-0.2, -0.15) is 4.99 Å². The first kappa shape index (κ1) is 23.8. The van der Waals surface area contributed by atoms with E-state index in [-0.39, 0.29) is 5.91 Å². The highest BCUT2D eigenvalue weighted by Crippen LogP contribution is 2.39. The van der Waals surface area contributed by atoms with E-state index in [9.17, 15) is 4.79 Å². The van der Waals surface area contributed by atoms with E-state index in [1.807, 2.05) is 37.5 Å². The number of carbonyl (C=O) groups excluding carboxylic acids is 1. The number of rotatable bonds is 10. The lowest BCUT2D eigenvalue weighted by molar-refractivity contribution is 0.0996. The number of hydrogen-bond acceptors (Lipinski definition) is 6. The van der Waals surface area contributed by atoms with Crippen molar-refractivity contribution in [2.75, 3.05) is 33.5 Å². The molecule has 7 nitrogen and oxygen atoms in total. The molecule has 172 valence electrons. The molecule has 0 aliphatic carbocycles. The monoisotopic (exact) mass is 458 g/mol. The van der Waals surface area contributed by atoms with Crippen molar-refractivity contribution in [2.24, 2.45) is 4.99 Å². The third-order valence-electron chi connectivity index (χ3n) is 4.78. The van der Waals surface area contributed by atoms with Gasteiger partial charge in [0.25, 0.3) is 5.91 Å². The summed E-state index contributed by atoms with van der Waals surface area (Å²) in [7, 11) is 1.66. The minimum Gasteiger partial charge on any atom is -0.490 e. The van der Waals surface area contributed by atoms with Gasteiger partial charge in [0.2, 0.25) is 5.75 Å².